The molecule has 6 nitrogen and oxygen atoms in total. The topological polar surface area (TPSA) is 80.0 Å². The number of aromatic nitrogens is 2. The van der Waals surface area contributed by atoms with Crippen molar-refractivity contribution in [2.45, 2.75) is 45.1 Å². The molecule has 94 valence electrons. The van der Waals surface area contributed by atoms with E-state index < -0.39 is 0 Å². The fourth-order valence-corrected chi connectivity index (χ4v) is 1.44. The molecule has 1 heterocycles. The van der Waals surface area contributed by atoms with Crippen LogP contribution in [0.2, 0.25) is 0 Å². The van der Waals surface area contributed by atoms with E-state index in [1.165, 1.54) is 0 Å². The molecule has 1 aliphatic rings. The van der Waals surface area contributed by atoms with Gasteiger partial charge in [0.15, 0.2) is 0 Å². The van der Waals surface area contributed by atoms with Crippen molar-refractivity contribution in [1.29, 1.82) is 0 Å². The van der Waals surface area contributed by atoms with E-state index in [2.05, 4.69) is 20.8 Å². The summed E-state index contributed by atoms with van der Waals surface area (Å²) in [7, 11) is 0. The second-order valence-electron chi connectivity index (χ2n) is 4.63. The van der Waals surface area contributed by atoms with E-state index in [0.717, 1.165) is 12.8 Å². The predicted octanol–water partition coefficient (Wildman–Crippen LogP) is 1.27. The van der Waals surface area contributed by atoms with E-state index in [0.29, 0.717) is 30.8 Å². The average molecular weight is 238 g/mol. The molecule has 1 saturated carbocycles. The van der Waals surface area contributed by atoms with Gasteiger partial charge in [-0.2, -0.15) is 0 Å². The van der Waals surface area contributed by atoms with E-state index in [1.54, 1.807) is 0 Å². The molecule has 1 aromatic rings. The largest absolute Gasteiger partial charge is 0.408 e. The van der Waals surface area contributed by atoms with Gasteiger partial charge in [0.25, 0.3) is 0 Å². The van der Waals surface area contributed by atoms with Crippen molar-refractivity contribution in [3.63, 3.8) is 0 Å². The lowest BCUT2D eigenvalue weighted by Crippen LogP contribution is -2.27. The summed E-state index contributed by atoms with van der Waals surface area (Å²) >= 11 is 0. The van der Waals surface area contributed by atoms with Crippen LogP contribution in [0.4, 0.5) is 6.01 Å². The van der Waals surface area contributed by atoms with Gasteiger partial charge < -0.3 is 9.73 Å². The molecule has 0 bridgehead atoms. The van der Waals surface area contributed by atoms with Crippen molar-refractivity contribution in [1.82, 2.24) is 15.5 Å². The van der Waals surface area contributed by atoms with Crippen LogP contribution in [0.25, 0.3) is 0 Å². The number of carbonyl (C=O) groups excluding carboxylic acids is 1. The lowest BCUT2D eigenvalue weighted by molar-refractivity contribution is -0.116. The summed E-state index contributed by atoms with van der Waals surface area (Å²) in [5.41, 5.74) is 0. The molecule has 1 aliphatic carbocycles. The third-order valence-corrected chi connectivity index (χ3v) is 2.52. The minimum absolute atomic E-state index is 0.107. The summed E-state index contributed by atoms with van der Waals surface area (Å²) in [5, 5.41) is 13.5. The van der Waals surface area contributed by atoms with E-state index in [4.69, 9.17) is 4.42 Å². The van der Waals surface area contributed by atoms with Gasteiger partial charge >= 0.3 is 6.01 Å². The predicted molar refractivity (Wildman–Crippen MR) is 62.7 cm³/mol. The van der Waals surface area contributed by atoms with Gasteiger partial charge in [0, 0.05) is 24.9 Å². The number of nitrogens with one attached hydrogen (secondary N) is 2. The molecule has 0 atom stereocenters. The van der Waals surface area contributed by atoms with Gasteiger partial charge in [-0.1, -0.05) is 18.9 Å². The second-order valence-corrected chi connectivity index (χ2v) is 4.63. The molecule has 2 rings (SSSR count). The number of anilines is 1. The maximum atomic E-state index is 11.5. The standard InChI is InChI=1S/C11H18N4O2/c1-7(2)12-6-5-9(16)13-11-15-14-10(17-11)8-3-4-8/h7-8,12H,3-6H2,1-2H3,(H,13,15,16). The van der Waals surface area contributed by atoms with Crippen molar-refractivity contribution in [2.24, 2.45) is 0 Å². The first-order chi connectivity index (χ1) is 8.15. The van der Waals surface area contributed by atoms with Crippen LogP contribution in [0.1, 0.15) is 44.9 Å². The normalized spacial score (nSPS) is 15.2. The highest BCUT2D eigenvalue weighted by Gasteiger charge is 2.29. The summed E-state index contributed by atoms with van der Waals surface area (Å²) in [5.74, 6) is 0.945. The number of hydrogen-bond acceptors (Lipinski definition) is 5. The molecule has 0 radical (unpaired) electrons. The summed E-state index contributed by atoms with van der Waals surface area (Å²) < 4.78 is 5.33. The zero-order valence-corrected chi connectivity index (χ0v) is 10.2. The Morgan fingerprint density at radius 1 is 1.47 bits per heavy atom. The van der Waals surface area contributed by atoms with Gasteiger partial charge in [-0.05, 0) is 12.8 Å². The molecular weight excluding hydrogens is 220 g/mol. The average Bonchev–Trinajstić information content (AvgIpc) is 3.00. The van der Waals surface area contributed by atoms with Crippen molar-refractivity contribution in [3.8, 4) is 0 Å². The molecule has 1 amide bonds. The van der Waals surface area contributed by atoms with Crippen LogP contribution in [0, 0.1) is 0 Å². The number of nitrogens with zero attached hydrogens (tertiary/aromatic N) is 2. The third-order valence-electron chi connectivity index (χ3n) is 2.52. The summed E-state index contributed by atoms with van der Waals surface area (Å²) in [6.45, 7) is 4.72. The smallest absolute Gasteiger partial charge is 0.322 e. The Bertz CT molecular complexity index is 385. The monoisotopic (exact) mass is 238 g/mol. The van der Waals surface area contributed by atoms with Crippen LogP contribution in [0.5, 0.6) is 0 Å². The van der Waals surface area contributed by atoms with E-state index >= 15 is 0 Å². The molecule has 0 aromatic carbocycles. The summed E-state index contributed by atoms with van der Waals surface area (Å²) in [6, 6.07) is 0.592. The molecule has 0 saturated heterocycles. The second kappa shape index (κ2) is 5.27. The van der Waals surface area contributed by atoms with Crippen molar-refractivity contribution in [2.75, 3.05) is 11.9 Å². The maximum absolute atomic E-state index is 11.5. The van der Waals surface area contributed by atoms with Crippen LogP contribution in [0.3, 0.4) is 0 Å². The Labute approximate surface area is 100 Å². The highest BCUT2D eigenvalue weighted by atomic mass is 16.4. The highest BCUT2D eigenvalue weighted by molar-refractivity contribution is 5.88. The molecule has 0 aliphatic heterocycles. The van der Waals surface area contributed by atoms with Crippen molar-refractivity contribution >= 4 is 11.9 Å². The maximum Gasteiger partial charge on any atom is 0.322 e. The van der Waals surface area contributed by atoms with Crippen LogP contribution in [-0.4, -0.2) is 28.7 Å². The third kappa shape index (κ3) is 3.81. The van der Waals surface area contributed by atoms with Crippen LogP contribution in [-0.2, 0) is 4.79 Å². The Hall–Kier alpha value is -1.43. The van der Waals surface area contributed by atoms with Crippen LogP contribution < -0.4 is 10.6 Å². The zero-order chi connectivity index (χ0) is 12.3. The lowest BCUT2D eigenvalue weighted by atomic mass is 10.3. The minimum Gasteiger partial charge on any atom is -0.408 e. The number of rotatable bonds is 6. The van der Waals surface area contributed by atoms with Gasteiger partial charge in [0.2, 0.25) is 11.8 Å². The number of carbonyl (C=O) groups is 1. The summed E-state index contributed by atoms with van der Waals surface area (Å²) in [6.07, 6.45) is 2.61. The number of amides is 1. The first-order valence-corrected chi connectivity index (χ1v) is 6.02. The molecule has 17 heavy (non-hydrogen) atoms. The first-order valence-electron chi connectivity index (χ1n) is 6.02. The highest BCUT2D eigenvalue weighted by Crippen LogP contribution is 2.39. The molecule has 6 heteroatoms. The Morgan fingerprint density at radius 3 is 2.88 bits per heavy atom. The van der Waals surface area contributed by atoms with E-state index in [1.807, 2.05) is 13.8 Å². The summed E-state index contributed by atoms with van der Waals surface area (Å²) in [4.78, 5) is 11.5. The van der Waals surface area contributed by atoms with Crippen LogP contribution >= 0.6 is 0 Å². The molecule has 0 unspecified atom stereocenters. The molecule has 1 aromatic heterocycles. The van der Waals surface area contributed by atoms with Gasteiger partial charge in [0.05, 0.1) is 0 Å². The molecule has 2 N–H and O–H groups in total. The van der Waals surface area contributed by atoms with Crippen molar-refractivity contribution < 1.29 is 9.21 Å². The van der Waals surface area contributed by atoms with Gasteiger partial charge in [0.1, 0.15) is 0 Å². The van der Waals surface area contributed by atoms with Crippen LogP contribution in [0.15, 0.2) is 4.42 Å². The fraction of sp³-hybridized carbons (Fsp3) is 0.727. The van der Waals surface area contributed by atoms with E-state index in [9.17, 15) is 4.79 Å². The van der Waals surface area contributed by atoms with Crippen molar-refractivity contribution in [3.05, 3.63) is 5.89 Å². The first kappa shape index (κ1) is 12.0. The quantitative estimate of drug-likeness (QED) is 0.780. The SMILES string of the molecule is CC(C)NCCC(=O)Nc1nnc(C2CC2)o1. The van der Waals surface area contributed by atoms with Gasteiger partial charge in [-0.3, -0.25) is 10.1 Å². The van der Waals surface area contributed by atoms with Gasteiger partial charge in [-0.15, -0.1) is 5.10 Å². The lowest BCUT2D eigenvalue weighted by Gasteiger charge is -2.06. The number of hydrogen-bond donors (Lipinski definition) is 2. The Kier molecular flexibility index (Phi) is 3.73. The van der Waals surface area contributed by atoms with Gasteiger partial charge in [-0.25, -0.2) is 0 Å². The fourth-order valence-electron chi connectivity index (χ4n) is 1.44. The minimum atomic E-state index is -0.107. The molecule has 0 spiro atoms. The zero-order valence-electron chi connectivity index (χ0n) is 10.2. The Balaban J connectivity index is 1.73. The molecule has 1 fully saturated rings. The van der Waals surface area contributed by atoms with E-state index in [-0.39, 0.29) is 11.9 Å². The molecular formula is C11H18N4O2. The Morgan fingerprint density at radius 2 is 2.24 bits per heavy atom.